The zero-order chi connectivity index (χ0) is 13.9. The summed E-state index contributed by atoms with van der Waals surface area (Å²) in [5, 5.41) is 18.2. The van der Waals surface area contributed by atoms with Crippen molar-refractivity contribution in [1.82, 2.24) is 10.5 Å². The van der Waals surface area contributed by atoms with Gasteiger partial charge in [-0.1, -0.05) is 35.0 Å². The van der Waals surface area contributed by atoms with Crippen LogP contribution in [0.15, 0.2) is 34.9 Å². The molecular formula is C15H17ClN2O2. The summed E-state index contributed by atoms with van der Waals surface area (Å²) >= 11 is 6.13. The number of halogens is 1. The van der Waals surface area contributed by atoms with Crippen molar-refractivity contribution in [2.45, 2.75) is 31.4 Å². The summed E-state index contributed by atoms with van der Waals surface area (Å²) in [7, 11) is 0. The number of aliphatic hydroxyl groups is 1. The van der Waals surface area contributed by atoms with Crippen molar-refractivity contribution in [2.24, 2.45) is 0 Å². The largest absolute Gasteiger partial charge is 0.385 e. The predicted octanol–water partition coefficient (Wildman–Crippen LogP) is 2.70. The highest BCUT2D eigenvalue weighted by atomic mass is 35.5. The van der Waals surface area contributed by atoms with E-state index in [0.717, 1.165) is 24.9 Å². The van der Waals surface area contributed by atoms with Crippen molar-refractivity contribution in [3.63, 3.8) is 0 Å². The Morgan fingerprint density at radius 3 is 3.05 bits per heavy atom. The summed E-state index contributed by atoms with van der Waals surface area (Å²) in [5.74, 6) is 0.713. The van der Waals surface area contributed by atoms with Gasteiger partial charge in [-0.05, 0) is 31.0 Å². The number of hydrogen-bond acceptors (Lipinski definition) is 4. The SMILES string of the molecule is O[C@H](c1cc(Cc2ccccc2Cl)on1)[C@@H]1CCCN1. The van der Waals surface area contributed by atoms with Crippen LogP contribution >= 0.6 is 11.6 Å². The number of hydrogen-bond donors (Lipinski definition) is 2. The zero-order valence-corrected chi connectivity index (χ0v) is 11.8. The Kier molecular flexibility index (Phi) is 4.05. The van der Waals surface area contributed by atoms with Gasteiger partial charge < -0.3 is 14.9 Å². The summed E-state index contributed by atoms with van der Waals surface area (Å²) in [5.41, 5.74) is 1.58. The second-order valence-corrected chi connectivity index (χ2v) is 5.54. The molecule has 1 aromatic carbocycles. The van der Waals surface area contributed by atoms with E-state index in [4.69, 9.17) is 16.1 Å². The van der Waals surface area contributed by atoms with Gasteiger partial charge in [-0.15, -0.1) is 0 Å². The van der Waals surface area contributed by atoms with Gasteiger partial charge in [-0.3, -0.25) is 0 Å². The molecule has 0 saturated carbocycles. The van der Waals surface area contributed by atoms with Gasteiger partial charge in [0.25, 0.3) is 0 Å². The van der Waals surface area contributed by atoms with E-state index in [1.807, 2.05) is 30.3 Å². The predicted molar refractivity (Wildman–Crippen MR) is 76.7 cm³/mol. The Balaban J connectivity index is 1.72. The number of rotatable bonds is 4. The van der Waals surface area contributed by atoms with Gasteiger partial charge in [-0.2, -0.15) is 0 Å². The third kappa shape index (κ3) is 2.87. The number of nitrogens with zero attached hydrogens (tertiary/aromatic N) is 1. The second kappa shape index (κ2) is 5.95. The summed E-state index contributed by atoms with van der Waals surface area (Å²) in [6.07, 6.45) is 2.03. The minimum atomic E-state index is -0.610. The van der Waals surface area contributed by atoms with Gasteiger partial charge >= 0.3 is 0 Å². The molecule has 1 aliphatic heterocycles. The molecule has 0 amide bonds. The molecule has 2 heterocycles. The highest BCUT2D eigenvalue weighted by Crippen LogP contribution is 2.24. The highest BCUT2D eigenvalue weighted by molar-refractivity contribution is 6.31. The molecule has 106 valence electrons. The monoisotopic (exact) mass is 292 g/mol. The molecule has 5 heteroatoms. The van der Waals surface area contributed by atoms with E-state index in [2.05, 4.69) is 10.5 Å². The van der Waals surface area contributed by atoms with Crippen molar-refractivity contribution in [3.05, 3.63) is 52.4 Å². The molecule has 0 spiro atoms. The van der Waals surface area contributed by atoms with Crippen LogP contribution in [0.3, 0.4) is 0 Å². The molecular weight excluding hydrogens is 276 g/mol. The number of aromatic nitrogens is 1. The number of benzene rings is 1. The van der Waals surface area contributed by atoms with Crippen LogP contribution in [0.25, 0.3) is 0 Å². The van der Waals surface area contributed by atoms with E-state index in [9.17, 15) is 5.11 Å². The number of aliphatic hydroxyl groups excluding tert-OH is 1. The first-order valence-electron chi connectivity index (χ1n) is 6.84. The van der Waals surface area contributed by atoms with Crippen molar-refractivity contribution in [2.75, 3.05) is 6.54 Å². The zero-order valence-electron chi connectivity index (χ0n) is 11.1. The summed E-state index contributed by atoms with van der Waals surface area (Å²) < 4.78 is 5.31. The van der Waals surface area contributed by atoms with Crippen molar-refractivity contribution in [3.8, 4) is 0 Å². The Morgan fingerprint density at radius 2 is 2.30 bits per heavy atom. The Labute approximate surface area is 122 Å². The molecule has 4 nitrogen and oxygen atoms in total. The molecule has 1 aromatic heterocycles. The van der Waals surface area contributed by atoms with Crippen molar-refractivity contribution in [1.29, 1.82) is 0 Å². The molecule has 3 rings (SSSR count). The summed E-state index contributed by atoms with van der Waals surface area (Å²) in [4.78, 5) is 0. The quantitative estimate of drug-likeness (QED) is 0.910. The Morgan fingerprint density at radius 1 is 1.45 bits per heavy atom. The topological polar surface area (TPSA) is 58.3 Å². The molecule has 1 saturated heterocycles. The van der Waals surface area contributed by atoms with Gasteiger partial charge in [-0.25, -0.2) is 0 Å². The molecule has 0 aliphatic carbocycles. The van der Waals surface area contributed by atoms with E-state index in [-0.39, 0.29) is 6.04 Å². The average molecular weight is 293 g/mol. The lowest BCUT2D eigenvalue weighted by Gasteiger charge is -2.14. The van der Waals surface area contributed by atoms with Crippen LogP contribution in [0.5, 0.6) is 0 Å². The molecule has 0 unspecified atom stereocenters. The first-order chi connectivity index (χ1) is 9.74. The number of nitrogens with one attached hydrogen (secondary N) is 1. The van der Waals surface area contributed by atoms with Crippen LogP contribution in [0, 0.1) is 0 Å². The van der Waals surface area contributed by atoms with Gasteiger partial charge in [0, 0.05) is 23.6 Å². The van der Waals surface area contributed by atoms with Crippen LogP contribution in [0.1, 0.15) is 36.0 Å². The lowest BCUT2D eigenvalue weighted by atomic mass is 10.1. The first-order valence-corrected chi connectivity index (χ1v) is 7.22. The fourth-order valence-corrected chi connectivity index (χ4v) is 2.77. The van der Waals surface area contributed by atoms with E-state index in [0.29, 0.717) is 22.9 Å². The molecule has 0 radical (unpaired) electrons. The fraction of sp³-hybridized carbons (Fsp3) is 0.400. The van der Waals surface area contributed by atoms with Crippen LogP contribution in [0.2, 0.25) is 5.02 Å². The second-order valence-electron chi connectivity index (χ2n) is 5.13. The maximum absolute atomic E-state index is 10.2. The van der Waals surface area contributed by atoms with E-state index in [1.54, 1.807) is 0 Å². The normalized spacial score (nSPS) is 20.2. The molecule has 1 aliphatic rings. The minimum Gasteiger partial charge on any atom is -0.385 e. The lowest BCUT2D eigenvalue weighted by molar-refractivity contribution is 0.128. The minimum absolute atomic E-state index is 0.0771. The van der Waals surface area contributed by atoms with Crippen LogP contribution in [-0.2, 0) is 6.42 Å². The van der Waals surface area contributed by atoms with Crippen molar-refractivity contribution < 1.29 is 9.63 Å². The fourth-order valence-electron chi connectivity index (χ4n) is 2.57. The Bertz CT molecular complexity index is 579. The van der Waals surface area contributed by atoms with Crippen LogP contribution < -0.4 is 5.32 Å². The highest BCUT2D eigenvalue weighted by Gasteiger charge is 2.26. The van der Waals surface area contributed by atoms with E-state index >= 15 is 0 Å². The smallest absolute Gasteiger partial charge is 0.141 e. The Hall–Kier alpha value is -1.36. The molecule has 2 N–H and O–H groups in total. The molecule has 20 heavy (non-hydrogen) atoms. The third-order valence-corrected chi connectivity index (χ3v) is 4.05. The van der Waals surface area contributed by atoms with Gasteiger partial charge in [0.2, 0.25) is 0 Å². The van der Waals surface area contributed by atoms with Crippen LogP contribution in [0.4, 0.5) is 0 Å². The van der Waals surface area contributed by atoms with Gasteiger partial charge in [0.05, 0.1) is 0 Å². The average Bonchev–Trinajstić information content (AvgIpc) is 3.12. The molecule has 1 fully saturated rings. The molecule has 2 aromatic rings. The lowest BCUT2D eigenvalue weighted by Crippen LogP contribution is -2.28. The van der Waals surface area contributed by atoms with Crippen LogP contribution in [-0.4, -0.2) is 22.8 Å². The van der Waals surface area contributed by atoms with Crippen molar-refractivity contribution >= 4 is 11.6 Å². The standard InChI is InChI=1S/C15H17ClN2O2/c16-12-5-2-1-4-10(12)8-11-9-14(18-20-11)15(19)13-6-3-7-17-13/h1-2,4-5,9,13,15,17,19H,3,6-8H2/t13-,15-/m0/s1. The van der Waals surface area contributed by atoms with Gasteiger partial charge in [0.1, 0.15) is 17.6 Å². The van der Waals surface area contributed by atoms with E-state index in [1.165, 1.54) is 0 Å². The van der Waals surface area contributed by atoms with E-state index < -0.39 is 6.10 Å². The summed E-state index contributed by atoms with van der Waals surface area (Å²) in [6.45, 7) is 0.950. The maximum atomic E-state index is 10.2. The summed E-state index contributed by atoms with van der Waals surface area (Å²) in [6, 6.07) is 9.54. The first kappa shape index (κ1) is 13.6. The van der Waals surface area contributed by atoms with Gasteiger partial charge in [0.15, 0.2) is 0 Å². The molecule has 2 atom stereocenters. The molecule has 0 bridgehead atoms. The maximum Gasteiger partial charge on any atom is 0.141 e. The third-order valence-electron chi connectivity index (χ3n) is 3.68.